The van der Waals surface area contributed by atoms with E-state index >= 15 is 0 Å². The maximum atomic E-state index is 13.1. The highest BCUT2D eigenvalue weighted by molar-refractivity contribution is 5.62. The van der Waals surface area contributed by atoms with E-state index in [4.69, 9.17) is 0 Å². The van der Waals surface area contributed by atoms with Crippen molar-refractivity contribution in [1.82, 2.24) is 10.2 Å². The quantitative estimate of drug-likeness (QED) is 0.657. The van der Waals surface area contributed by atoms with Crippen molar-refractivity contribution in [3.63, 3.8) is 0 Å². The van der Waals surface area contributed by atoms with E-state index in [1.54, 1.807) is 6.07 Å². The Kier molecular flexibility index (Phi) is 6.29. The summed E-state index contributed by atoms with van der Waals surface area (Å²) in [5.74, 6) is 0.293. The number of aliphatic hydroxyl groups is 1. The summed E-state index contributed by atoms with van der Waals surface area (Å²) < 4.78 is 39.4. The van der Waals surface area contributed by atoms with Gasteiger partial charge >= 0.3 is 6.18 Å². The fourth-order valence-corrected chi connectivity index (χ4v) is 6.72. The number of piperidine rings is 1. The maximum Gasteiger partial charge on any atom is 0.418 e. The van der Waals surface area contributed by atoms with Gasteiger partial charge in [-0.3, -0.25) is 4.90 Å². The highest BCUT2D eigenvalue weighted by Crippen LogP contribution is 2.48. The van der Waals surface area contributed by atoms with E-state index in [-0.39, 0.29) is 17.5 Å². The standard InChI is InChI=1S/C27H31F3N2O2/c28-27(29,30)25(34)21-6-8-23-20(14-21)7-9-24(26(23)17-31-15-22(26)16-33)32-12-10-19(11-13-32)18-4-2-1-3-5-18/h1-6,8,14,16,19,22,24-25,31,34H,7,9-13,15,17H2/t22-,24?,25?,26+/m0/s1. The molecule has 7 heteroatoms. The molecule has 1 aliphatic carbocycles. The summed E-state index contributed by atoms with van der Waals surface area (Å²) in [4.78, 5) is 14.7. The number of carbonyl (C=O) groups is 1. The van der Waals surface area contributed by atoms with Crippen LogP contribution >= 0.6 is 0 Å². The Labute approximate surface area is 198 Å². The molecule has 4 nitrogen and oxygen atoms in total. The lowest BCUT2D eigenvalue weighted by Crippen LogP contribution is -2.59. The molecule has 34 heavy (non-hydrogen) atoms. The topological polar surface area (TPSA) is 52.6 Å². The number of aldehydes is 1. The van der Waals surface area contributed by atoms with Crippen LogP contribution in [0, 0.1) is 5.92 Å². The number of halogens is 3. The van der Waals surface area contributed by atoms with Crippen molar-refractivity contribution in [2.75, 3.05) is 26.2 Å². The third-order valence-corrected chi connectivity index (χ3v) is 8.39. The highest BCUT2D eigenvalue weighted by Gasteiger charge is 2.54. The molecule has 2 aliphatic heterocycles. The van der Waals surface area contributed by atoms with Crippen LogP contribution in [0.2, 0.25) is 0 Å². The molecule has 2 fully saturated rings. The van der Waals surface area contributed by atoms with Gasteiger partial charge in [-0.05, 0) is 66.9 Å². The fraction of sp³-hybridized carbons (Fsp3) is 0.519. The number of carbonyl (C=O) groups excluding carboxylic acids is 1. The Hall–Kier alpha value is -2.22. The van der Waals surface area contributed by atoms with Gasteiger partial charge in [-0.15, -0.1) is 0 Å². The SMILES string of the molecule is O=C[C@@H]1CNC[C@]12c1ccc(C(O)C(F)(F)F)cc1CCC2N1CCC(c2ccccc2)CC1. The van der Waals surface area contributed by atoms with Crippen molar-refractivity contribution >= 4 is 6.29 Å². The lowest BCUT2D eigenvalue weighted by molar-refractivity contribution is -0.206. The number of aliphatic hydroxyl groups excluding tert-OH is 1. The van der Waals surface area contributed by atoms with Crippen molar-refractivity contribution in [1.29, 1.82) is 0 Å². The van der Waals surface area contributed by atoms with Gasteiger partial charge in [-0.2, -0.15) is 13.2 Å². The summed E-state index contributed by atoms with van der Waals surface area (Å²) in [6.07, 6.45) is -2.63. The number of hydrogen-bond donors (Lipinski definition) is 2. The lowest BCUT2D eigenvalue weighted by atomic mass is 9.61. The van der Waals surface area contributed by atoms with Crippen molar-refractivity contribution in [3.8, 4) is 0 Å². The van der Waals surface area contributed by atoms with Gasteiger partial charge < -0.3 is 15.2 Å². The molecule has 0 aromatic heterocycles. The minimum atomic E-state index is -4.70. The molecule has 4 atom stereocenters. The van der Waals surface area contributed by atoms with Crippen molar-refractivity contribution < 1.29 is 23.1 Å². The first-order valence-electron chi connectivity index (χ1n) is 12.2. The van der Waals surface area contributed by atoms with Crippen LogP contribution in [0.4, 0.5) is 13.2 Å². The van der Waals surface area contributed by atoms with Gasteiger partial charge in [-0.25, -0.2) is 0 Å². The molecule has 0 saturated carbocycles. The van der Waals surface area contributed by atoms with Gasteiger partial charge in [0.1, 0.15) is 6.29 Å². The molecule has 0 radical (unpaired) electrons. The van der Waals surface area contributed by atoms with Crippen molar-refractivity contribution in [2.24, 2.45) is 5.92 Å². The van der Waals surface area contributed by atoms with E-state index in [2.05, 4.69) is 34.5 Å². The predicted molar refractivity (Wildman–Crippen MR) is 124 cm³/mol. The van der Waals surface area contributed by atoms with Crippen LogP contribution in [0.3, 0.4) is 0 Å². The summed E-state index contributed by atoms with van der Waals surface area (Å²) in [6, 6.07) is 15.4. The number of likely N-dealkylation sites (tertiary alicyclic amines) is 1. The van der Waals surface area contributed by atoms with E-state index in [0.717, 1.165) is 49.8 Å². The molecule has 1 spiro atoms. The number of hydrogen-bond acceptors (Lipinski definition) is 4. The summed E-state index contributed by atoms with van der Waals surface area (Å²) in [7, 11) is 0. The molecule has 0 bridgehead atoms. The average Bonchev–Trinajstić information content (AvgIpc) is 3.27. The lowest BCUT2D eigenvalue weighted by Gasteiger charge is -2.51. The van der Waals surface area contributed by atoms with Gasteiger partial charge in [0.15, 0.2) is 6.10 Å². The zero-order valence-corrected chi connectivity index (χ0v) is 19.1. The Morgan fingerprint density at radius 2 is 1.82 bits per heavy atom. The minimum absolute atomic E-state index is 0.128. The summed E-state index contributed by atoms with van der Waals surface area (Å²) in [6.45, 7) is 3.09. The van der Waals surface area contributed by atoms with Crippen molar-refractivity contribution in [3.05, 3.63) is 70.8 Å². The molecule has 2 N–H and O–H groups in total. The molecule has 3 aliphatic rings. The maximum absolute atomic E-state index is 13.1. The number of aryl methyl sites for hydroxylation is 1. The molecule has 2 heterocycles. The van der Waals surface area contributed by atoms with E-state index < -0.39 is 17.7 Å². The third kappa shape index (κ3) is 3.97. The van der Waals surface area contributed by atoms with Crippen LogP contribution in [0.5, 0.6) is 0 Å². The molecule has 2 aromatic rings. The average molecular weight is 473 g/mol. The van der Waals surface area contributed by atoms with Gasteiger partial charge in [0.05, 0.1) is 0 Å². The molecular weight excluding hydrogens is 441 g/mol. The highest BCUT2D eigenvalue weighted by atomic mass is 19.4. The number of fused-ring (bicyclic) bond motifs is 2. The first kappa shape index (κ1) is 23.5. The monoisotopic (exact) mass is 472 g/mol. The zero-order chi connectivity index (χ0) is 23.9. The third-order valence-electron chi connectivity index (χ3n) is 8.39. The Morgan fingerprint density at radius 1 is 1.09 bits per heavy atom. The first-order valence-corrected chi connectivity index (χ1v) is 12.2. The predicted octanol–water partition coefficient (Wildman–Crippen LogP) is 4.13. The van der Waals surface area contributed by atoms with Crippen LogP contribution in [-0.2, 0) is 16.6 Å². The smallest absolute Gasteiger partial charge is 0.379 e. The zero-order valence-electron chi connectivity index (χ0n) is 19.1. The molecule has 182 valence electrons. The largest absolute Gasteiger partial charge is 0.418 e. The van der Waals surface area contributed by atoms with E-state index in [1.807, 2.05) is 6.07 Å². The van der Waals surface area contributed by atoms with Gasteiger partial charge in [0.25, 0.3) is 0 Å². The number of benzene rings is 2. The molecule has 2 unspecified atom stereocenters. The summed E-state index contributed by atoms with van der Waals surface area (Å²) >= 11 is 0. The number of rotatable bonds is 4. The molecule has 2 aromatic carbocycles. The van der Waals surface area contributed by atoms with E-state index in [0.29, 0.717) is 25.4 Å². The van der Waals surface area contributed by atoms with Gasteiger partial charge in [-0.1, -0.05) is 48.5 Å². The summed E-state index contributed by atoms with van der Waals surface area (Å²) in [5.41, 5.74) is 2.57. The molecule has 2 saturated heterocycles. The van der Waals surface area contributed by atoms with Crippen LogP contribution in [-0.4, -0.2) is 54.7 Å². The second-order valence-electron chi connectivity index (χ2n) is 10.0. The van der Waals surface area contributed by atoms with E-state index in [1.165, 1.54) is 17.7 Å². The summed E-state index contributed by atoms with van der Waals surface area (Å²) in [5, 5.41) is 13.2. The van der Waals surface area contributed by atoms with Crippen LogP contribution in [0.1, 0.15) is 53.5 Å². The second kappa shape index (κ2) is 9.10. The normalized spacial score (nSPS) is 29.2. The Bertz CT molecular complexity index is 1020. The minimum Gasteiger partial charge on any atom is -0.379 e. The second-order valence-corrected chi connectivity index (χ2v) is 10.0. The van der Waals surface area contributed by atoms with Gasteiger partial charge in [0, 0.05) is 30.5 Å². The van der Waals surface area contributed by atoms with Crippen molar-refractivity contribution in [2.45, 2.75) is 55.3 Å². The van der Waals surface area contributed by atoms with E-state index in [9.17, 15) is 23.1 Å². The molecule has 0 amide bonds. The number of nitrogens with zero attached hydrogens (tertiary/aromatic N) is 1. The number of alkyl halides is 3. The molecule has 5 rings (SSSR count). The Balaban J connectivity index is 1.44. The molecular formula is C27H31F3N2O2. The van der Waals surface area contributed by atoms with Crippen LogP contribution < -0.4 is 5.32 Å². The van der Waals surface area contributed by atoms with Crippen LogP contribution in [0.15, 0.2) is 48.5 Å². The Morgan fingerprint density at radius 3 is 2.50 bits per heavy atom. The fourth-order valence-electron chi connectivity index (χ4n) is 6.72. The van der Waals surface area contributed by atoms with Crippen LogP contribution in [0.25, 0.3) is 0 Å². The number of nitrogens with one attached hydrogen (secondary N) is 1. The first-order chi connectivity index (χ1) is 16.3. The van der Waals surface area contributed by atoms with Gasteiger partial charge in [0.2, 0.25) is 0 Å².